The zero-order chi connectivity index (χ0) is 21.0. The quantitative estimate of drug-likeness (QED) is 0.719. The van der Waals surface area contributed by atoms with Crippen molar-refractivity contribution in [3.63, 3.8) is 0 Å². The lowest BCUT2D eigenvalue weighted by Crippen LogP contribution is -2.45. The molecule has 7 heteroatoms. The lowest BCUT2D eigenvalue weighted by Gasteiger charge is -2.23. The van der Waals surface area contributed by atoms with Crippen molar-refractivity contribution in [1.29, 1.82) is 0 Å². The van der Waals surface area contributed by atoms with Gasteiger partial charge in [-0.25, -0.2) is 4.79 Å². The molecule has 0 radical (unpaired) electrons. The van der Waals surface area contributed by atoms with Crippen LogP contribution in [0.2, 0.25) is 5.02 Å². The molecule has 1 aliphatic heterocycles. The number of carbonyl (C=O) groups is 2. The molecule has 1 heterocycles. The van der Waals surface area contributed by atoms with Crippen molar-refractivity contribution >= 4 is 23.5 Å². The van der Waals surface area contributed by atoms with Gasteiger partial charge in [0.25, 0.3) is 5.91 Å². The van der Waals surface area contributed by atoms with Crippen molar-refractivity contribution in [1.82, 2.24) is 5.32 Å². The van der Waals surface area contributed by atoms with Crippen LogP contribution in [0.1, 0.15) is 40.9 Å². The molecule has 0 aliphatic carbocycles. The molecule has 1 aliphatic rings. The fraction of sp³-hybridized carbons (Fsp3) is 0.364. The Labute approximate surface area is 175 Å². The molecule has 29 heavy (non-hydrogen) atoms. The van der Waals surface area contributed by atoms with Gasteiger partial charge in [0.15, 0.2) is 6.79 Å². The molecular formula is C22H24ClNO5. The number of aryl methyl sites for hydroxylation is 1. The van der Waals surface area contributed by atoms with Crippen LogP contribution in [0.25, 0.3) is 0 Å². The highest BCUT2D eigenvalue weighted by atomic mass is 35.5. The standard InChI is InChI=1S/C22H24ClNO5/c1-13(2)19(24-21(25)15-6-4-5-14(3)7-15)22(26)28-11-17-9-18(23)8-16-10-27-12-29-20(16)17/h4-9,13,19H,10-12H2,1-3H3,(H,24,25). The van der Waals surface area contributed by atoms with Crippen LogP contribution in [-0.4, -0.2) is 24.7 Å². The Hall–Kier alpha value is -2.57. The number of nitrogens with one attached hydrogen (secondary N) is 1. The minimum atomic E-state index is -0.776. The summed E-state index contributed by atoms with van der Waals surface area (Å²) in [6.45, 7) is 6.12. The Kier molecular flexibility index (Phi) is 6.77. The van der Waals surface area contributed by atoms with Crippen LogP contribution in [0.4, 0.5) is 0 Å². The number of rotatable bonds is 6. The van der Waals surface area contributed by atoms with Gasteiger partial charge in [-0.2, -0.15) is 0 Å². The maximum absolute atomic E-state index is 12.7. The predicted octanol–water partition coefficient (Wildman–Crippen LogP) is 4.01. The molecule has 2 aromatic rings. The van der Waals surface area contributed by atoms with E-state index in [0.29, 0.717) is 28.5 Å². The molecule has 2 aromatic carbocycles. The number of esters is 1. The Balaban J connectivity index is 1.69. The fourth-order valence-electron chi connectivity index (χ4n) is 3.11. The monoisotopic (exact) mass is 417 g/mol. The largest absolute Gasteiger partial charge is 0.467 e. The second kappa shape index (κ2) is 9.29. The molecular weight excluding hydrogens is 394 g/mol. The van der Waals surface area contributed by atoms with Gasteiger partial charge in [0.2, 0.25) is 0 Å². The van der Waals surface area contributed by atoms with Crippen LogP contribution in [0.5, 0.6) is 5.75 Å². The Morgan fingerprint density at radius 3 is 2.76 bits per heavy atom. The van der Waals surface area contributed by atoms with Crippen molar-refractivity contribution in [3.05, 3.63) is 63.7 Å². The minimum absolute atomic E-state index is 0.00867. The second-order valence-corrected chi connectivity index (χ2v) is 7.77. The Bertz CT molecular complexity index is 912. The highest BCUT2D eigenvalue weighted by Gasteiger charge is 2.27. The summed E-state index contributed by atoms with van der Waals surface area (Å²) in [5, 5.41) is 3.29. The molecule has 0 bridgehead atoms. The Morgan fingerprint density at radius 2 is 2.03 bits per heavy atom. The van der Waals surface area contributed by atoms with Crippen LogP contribution < -0.4 is 10.1 Å². The van der Waals surface area contributed by atoms with Gasteiger partial charge in [0.1, 0.15) is 18.4 Å². The van der Waals surface area contributed by atoms with Gasteiger partial charge >= 0.3 is 5.97 Å². The van der Waals surface area contributed by atoms with E-state index < -0.39 is 12.0 Å². The topological polar surface area (TPSA) is 73.9 Å². The number of halogens is 1. The lowest BCUT2D eigenvalue weighted by molar-refractivity contribution is -0.148. The van der Waals surface area contributed by atoms with E-state index in [4.69, 9.17) is 25.8 Å². The number of amides is 1. The Morgan fingerprint density at radius 1 is 1.24 bits per heavy atom. The molecule has 1 N–H and O–H groups in total. The van der Waals surface area contributed by atoms with Gasteiger partial charge in [0, 0.05) is 21.7 Å². The van der Waals surface area contributed by atoms with Gasteiger partial charge in [-0.1, -0.05) is 43.1 Å². The van der Waals surface area contributed by atoms with E-state index in [-0.39, 0.29) is 25.2 Å². The highest BCUT2D eigenvalue weighted by Crippen LogP contribution is 2.32. The van der Waals surface area contributed by atoms with Crippen molar-refractivity contribution in [3.8, 4) is 5.75 Å². The summed E-state index contributed by atoms with van der Waals surface area (Å²) in [4.78, 5) is 25.3. The highest BCUT2D eigenvalue weighted by molar-refractivity contribution is 6.30. The molecule has 154 valence electrons. The molecule has 6 nitrogen and oxygen atoms in total. The lowest BCUT2D eigenvalue weighted by atomic mass is 10.0. The first-order chi connectivity index (χ1) is 13.8. The van der Waals surface area contributed by atoms with Crippen LogP contribution in [0, 0.1) is 12.8 Å². The average Bonchev–Trinajstić information content (AvgIpc) is 2.69. The summed E-state index contributed by atoms with van der Waals surface area (Å²) in [6.07, 6.45) is 0. The SMILES string of the molecule is Cc1cccc(C(=O)NC(C(=O)OCc2cc(Cl)cc3c2OCOC3)C(C)C)c1. The van der Waals surface area contributed by atoms with Crippen LogP contribution in [0.15, 0.2) is 36.4 Å². The van der Waals surface area contributed by atoms with Gasteiger partial charge < -0.3 is 19.5 Å². The number of ether oxygens (including phenoxy) is 3. The fourth-order valence-corrected chi connectivity index (χ4v) is 3.37. The molecule has 3 rings (SSSR count). The summed E-state index contributed by atoms with van der Waals surface area (Å²) >= 11 is 6.15. The van der Waals surface area contributed by atoms with Crippen LogP contribution in [0.3, 0.4) is 0 Å². The summed E-state index contributed by atoms with van der Waals surface area (Å²) in [7, 11) is 0. The number of hydrogen-bond donors (Lipinski definition) is 1. The van der Waals surface area contributed by atoms with Gasteiger partial charge in [-0.15, -0.1) is 0 Å². The van der Waals surface area contributed by atoms with Crippen LogP contribution >= 0.6 is 11.6 Å². The molecule has 1 unspecified atom stereocenters. The van der Waals surface area contributed by atoms with Crippen LogP contribution in [-0.2, 0) is 27.5 Å². The third-order valence-corrected chi connectivity index (χ3v) is 4.83. The molecule has 0 saturated heterocycles. The number of carbonyl (C=O) groups excluding carboxylic acids is 2. The first kappa shape index (κ1) is 21.1. The van der Waals surface area contributed by atoms with E-state index in [9.17, 15) is 9.59 Å². The summed E-state index contributed by atoms with van der Waals surface area (Å²) < 4.78 is 16.3. The van der Waals surface area contributed by atoms with E-state index in [2.05, 4.69) is 5.32 Å². The molecule has 0 aromatic heterocycles. The van der Waals surface area contributed by atoms with E-state index >= 15 is 0 Å². The third-order valence-electron chi connectivity index (χ3n) is 4.61. The third kappa shape index (κ3) is 5.28. The smallest absolute Gasteiger partial charge is 0.329 e. The van der Waals surface area contributed by atoms with E-state index in [1.54, 1.807) is 30.3 Å². The molecule has 1 atom stereocenters. The summed E-state index contributed by atoms with van der Waals surface area (Å²) in [5.41, 5.74) is 2.94. The van der Waals surface area contributed by atoms with Crippen molar-refractivity contribution in [2.24, 2.45) is 5.92 Å². The molecule has 1 amide bonds. The maximum Gasteiger partial charge on any atom is 0.329 e. The van der Waals surface area contributed by atoms with E-state index in [1.165, 1.54) is 0 Å². The van der Waals surface area contributed by atoms with Crippen molar-refractivity contribution < 1.29 is 23.8 Å². The normalized spacial score (nSPS) is 14.0. The predicted molar refractivity (Wildman–Crippen MR) is 109 cm³/mol. The van der Waals surface area contributed by atoms with E-state index in [0.717, 1.165) is 11.1 Å². The first-order valence-corrected chi connectivity index (χ1v) is 9.79. The van der Waals surface area contributed by atoms with Gasteiger partial charge in [0.05, 0.1) is 6.61 Å². The molecule has 0 spiro atoms. The number of fused-ring (bicyclic) bond motifs is 1. The number of benzene rings is 2. The van der Waals surface area contributed by atoms with Gasteiger partial charge in [-0.05, 0) is 37.1 Å². The average molecular weight is 418 g/mol. The zero-order valence-electron chi connectivity index (χ0n) is 16.7. The van der Waals surface area contributed by atoms with Crippen molar-refractivity contribution in [2.75, 3.05) is 6.79 Å². The minimum Gasteiger partial charge on any atom is -0.467 e. The second-order valence-electron chi connectivity index (χ2n) is 7.34. The summed E-state index contributed by atoms with van der Waals surface area (Å²) in [6, 6.07) is 9.89. The zero-order valence-corrected chi connectivity index (χ0v) is 17.4. The molecule has 0 saturated carbocycles. The van der Waals surface area contributed by atoms with Crippen molar-refractivity contribution in [2.45, 2.75) is 40.0 Å². The molecule has 0 fully saturated rings. The number of hydrogen-bond acceptors (Lipinski definition) is 5. The van der Waals surface area contributed by atoms with E-state index in [1.807, 2.05) is 26.8 Å². The summed E-state index contributed by atoms with van der Waals surface area (Å²) in [5.74, 6) is -0.348. The maximum atomic E-state index is 12.7. The van der Waals surface area contributed by atoms with Gasteiger partial charge in [-0.3, -0.25) is 4.79 Å². The first-order valence-electron chi connectivity index (χ1n) is 9.41.